The quantitative estimate of drug-likeness (QED) is 0.0696. The number of hydrogen-bond acceptors (Lipinski definition) is 13. The zero-order valence-electron chi connectivity index (χ0n) is 14.9. The first-order chi connectivity index (χ1) is 14.2. The zero-order valence-corrected chi connectivity index (χ0v) is 17.4. The minimum Gasteiger partial charge on any atom is -0.399 e. The number of nitrogens with zero attached hydrogens (tertiary/aromatic N) is 2. The summed E-state index contributed by atoms with van der Waals surface area (Å²) in [5.74, 6) is -0.176. The van der Waals surface area contributed by atoms with E-state index in [4.69, 9.17) is 25.9 Å². The molecule has 0 aromatic heterocycles. The SMILES string of the molecule is Nc1ccc(N=Nc2ccc(SOOCCS(=O)OOO)cc2S(=O)(=O)O)c(N)c1. The Labute approximate surface area is 177 Å². The second-order valence-corrected chi connectivity index (χ2v) is 8.56. The van der Waals surface area contributed by atoms with Crippen molar-refractivity contribution in [2.75, 3.05) is 23.8 Å². The van der Waals surface area contributed by atoms with E-state index in [-0.39, 0.29) is 34.3 Å². The highest BCUT2D eigenvalue weighted by molar-refractivity contribution is 7.94. The predicted molar refractivity (Wildman–Crippen MR) is 106 cm³/mol. The van der Waals surface area contributed by atoms with Gasteiger partial charge >= 0.3 is 0 Å². The number of azo groups is 1. The fraction of sp³-hybridized carbons (Fsp3) is 0.143. The zero-order chi connectivity index (χ0) is 22.1. The van der Waals surface area contributed by atoms with E-state index < -0.39 is 26.1 Å². The lowest BCUT2D eigenvalue weighted by atomic mass is 10.2. The molecule has 0 aliphatic rings. The van der Waals surface area contributed by atoms with Gasteiger partial charge in [0, 0.05) is 10.6 Å². The Kier molecular flexibility index (Phi) is 9.08. The number of nitrogens with two attached hydrogens (primary N) is 2. The van der Waals surface area contributed by atoms with Gasteiger partial charge in [-0.3, -0.25) is 4.55 Å². The Morgan fingerprint density at radius 3 is 2.47 bits per heavy atom. The van der Waals surface area contributed by atoms with Crippen molar-refractivity contribution in [3.05, 3.63) is 36.4 Å². The van der Waals surface area contributed by atoms with Crippen LogP contribution in [-0.2, 0) is 39.8 Å². The summed E-state index contributed by atoms with van der Waals surface area (Å²) >= 11 is -1.33. The fourth-order valence-electron chi connectivity index (χ4n) is 1.87. The second-order valence-electron chi connectivity index (χ2n) is 5.25. The fourth-order valence-corrected chi connectivity index (χ4v) is 3.42. The molecule has 0 spiro atoms. The normalized spacial score (nSPS) is 13.0. The lowest BCUT2D eigenvalue weighted by molar-refractivity contribution is -0.435. The van der Waals surface area contributed by atoms with Crippen molar-refractivity contribution in [1.29, 1.82) is 0 Å². The van der Waals surface area contributed by atoms with E-state index in [9.17, 15) is 17.2 Å². The van der Waals surface area contributed by atoms with Gasteiger partial charge in [0.1, 0.15) is 16.3 Å². The highest BCUT2D eigenvalue weighted by atomic mass is 32.2. The molecule has 16 heteroatoms. The van der Waals surface area contributed by atoms with Crippen LogP contribution in [0.15, 0.2) is 56.4 Å². The smallest absolute Gasteiger partial charge is 0.296 e. The van der Waals surface area contributed by atoms with E-state index in [2.05, 4.69) is 19.6 Å². The third kappa shape index (κ3) is 7.59. The van der Waals surface area contributed by atoms with Crippen molar-refractivity contribution in [3.8, 4) is 0 Å². The van der Waals surface area contributed by atoms with Crippen molar-refractivity contribution >= 4 is 56.0 Å². The average Bonchev–Trinajstić information content (AvgIpc) is 2.67. The molecule has 0 saturated heterocycles. The van der Waals surface area contributed by atoms with Crippen molar-refractivity contribution in [1.82, 2.24) is 0 Å². The Hall–Kier alpha value is -2.15. The van der Waals surface area contributed by atoms with Gasteiger partial charge in [-0.25, -0.2) is 14.4 Å². The molecular weight excluding hydrogens is 464 g/mol. The Balaban J connectivity index is 2.08. The molecule has 30 heavy (non-hydrogen) atoms. The third-order valence-electron chi connectivity index (χ3n) is 3.14. The molecule has 0 bridgehead atoms. The molecule has 0 amide bonds. The molecule has 0 saturated carbocycles. The number of rotatable bonds is 11. The summed E-state index contributed by atoms with van der Waals surface area (Å²) in [6, 6.07) is 8.32. The summed E-state index contributed by atoms with van der Waals surface area (Å²) in [6.07, 6.45) is 0. The first kappa shape index (κ1) is 24.1. The molecule has 0 fully saturated rings. The van der Waals surface area contributed by atoms with Crippen LogP contribution in [0.2, 0.25) is 0 Å². The summed E-state index contributed by atoms with van der Waals surface area (Å²) in [5.41, 5.74) is 12.1. The molecule has 2 aromatic carbocycles. The van der Waals surface area contributed by atoms with Crippen LogP contribution < -0.4 is 11.5 Å². The first-order valence-corrected chi connectivity index (χ1v) is 11.1. The van der Waals surface area contributed by atoms with Crippen LogP contribution in [0.1, 0.15) is 0 Å². The molecule has 2 aromatic rings. The van der Waals surface area contributed by atoms with Crippen LogP contribution in [0, 0.1) is 0 Å². The van der Waals surface area contributed by atoms with Gasteiger partial charge in [-0.05, 0) is 36.4 Å². The molecule has 0 radical (unpaired) electrons. The van der Waals surface area contributed by atoms with Gasteiger partial charge in [0.15, 0.2) is 11.1 Å². The maximum absolute atomic E-state index is 11.7. The topological polar surface area (TPSA) is 205 Å². The molecule has 0 heterocycles. The number of hydrogen-bond donors (Lipinski definition) is 4. The lowest BCUT2D eigenvalue weighted by Gasteiger charge is -2.06. The van der Waals surface area contributed by atoms with Crippen LogP contribution in [0.3, 0.4) is 0 Å². The maximum Gasteiger partial charge on any atom is 0.296 e. The maximum atomic E-state index is 11.7. The Morgan fingerprint density at radius 1 is 1.10 bits per heavy atom. The molecule has 1 unspecified atom stereocenters. The number of nitrogen functional groups attached to an aromatic ring is 2. The van der Waals surface area contributed by atoms with Crippen LogP contribution in [0.25, 0.3) is 0 Å². The molecule has 13 nitrogen and oxygen atoms in total. The monoisotopic (exact) mass is 480 g/mol. The van der Waals surface area contributed by atoms with Gasteiger partial charge in [0.25, 0.3) is 10.1 Å². The molecule has 0 aliphatic carbocycles. The second kappa shape index (κ2) is 11.3. The molecule has 6 N–H and O–H groups in total. The summed E-state index contributed by atoms with van der Waals surface area (Å²) < 4.78 is 52.5. The van der Waals surface area contributed by atoms with Crippen molar-refractivity contribution < 1.29 is 41.0 Å². The Bertz CT molecular complexity index is 1030. The minimum atomic E-state index is -4.64. The van der Waals surface area contributed by atoms with Gasteiger partial charge in [-0.15, -0.1) is 14.6 Å². The predicted octanol–water partition coefficient (Wildman–Crippen LogP) is 2.55. The number of benzene rings is 2. The first-order valence-electron chi connectivity index (χ1n) is 7.72. The molecular formula is C14H16N4O9S3. The van der Waals surface area contributed by atoms with Crippen molar-refractivity contribution in [3.63, 3.8) is 0 Å². The van der Waals surface area contributed by atoms with Crippen LogP contribution in [0.4, 0.5) is 22.7 Å². The van der Waals surface area contributed by atoms with E-state index in [0.29, 0.717) is 17.7 Å². The molecule has 164 valence electrons. The average molecular weight is 481 g/mol. The summed E-state index contributed by atoms with van der Waals surface area (Å²) in [7, 11) is -4.64. The lowest BCUT2D eigenvalue weighted by Crippen LogP contribution is -2.07. The van der Waals surface area contributed by atoms with E-state index >= 15 is 0 Å². The van der Waals surface area contributed by atoms with Crippen LogP contribution in [0.5, 0.6) is 0 Å². The number of anilines is 2. The van der Waals surface area contributed by atoms with Crippen molar-refractivity contribution in [2.45, 2.75) is 9.79 Å². The highest BCUT2D eigenvalue weighted by Gasteiger charge is 2.17. The molecule has 0 aliphatic heterocycles. The Morgan fingerprint density at radius 2 is 1.80 bits per heavy atom. The van der Waals surface area contributed by atoms with E-state index in [1.807, 2.05) is 0 Å². The van der Waals surface area contributed by atoms with Gasteiger partial charge < -0.3 is 11.5 Å². The van der Waals surface area contributed by atoms with Gasteiger partial charge in [0.05, 0.1) is 30.1 Å². The van der Waals surface area contributed by atoms with E-state index in [1.54, 1.807) is 6.07 Å². The third-order valence-corrected chi connectivity index (χ3v) is 5.35. The highest BCUT2D eigenvalue weighted by Crippen LogP contribution is 2.32. The van der Waals surface area contributed by atoms with Gasteiger partial charge in [-0.2, -0.15) is 12.8 Å². The van der Waals surface area contributed by atoms with Crippen LogP contribution in [-0.4, -0.2) is 34.8 Å². The van der Waals surface area contributed by atoms with Crippen molar-refractivity contribution in [2.24, 2.45) is 10.2 Å². The minimum absolute atomic E-state index is 0.143. The van der Waals surface area contributed by atoms with E-state index in [0.717, 1.165) is 6.07 Å². The standard InChI is InChI=1S/C14H16N4O9S3/c15-9-1-3-12(11(16)7-9)17-18-13-4-2-10(8-14(13)30(21,22)23)28-26-24-5-6-29(20)27-25-19/h1-4,7-8,19H,5-6,15-16H2,(H,21,22,23). The summed E-state index contributed by atoms with van der Waals surface area (Å²) in [6.45, 7) is -0.191. The molecule has 2 rings (SSSR count). The summed E-state index contributed by atoms with van der Waals surface area (Å²) in [5, 5.41) is 18.9. The van der Waals surface area contributed by atoms with E-state index in [1.165, 1.54) is 24.3 Å². The van der Waals surface area contributed by atoms with Crippen LogP contribution >= 0.6 is 12.0 Å². The largest absolute Gasteiger partial charge is 0.399 e. The van der Waals surface area contributed by atoms with Gasteiger partial charge in [0.2, 0.25) is 0 Å². The molecule has 1 atom stereocenters. The summed E-state index contributed by atoms with van der Waals surface area (Å²) in [4.78, 5) is 4.43. The van der Waals surface area contributed by atoms with Gasteiger partial charge in [-0.1, -0.05) is 5.04 Å².